The van der Waals surface area contributed by atoms with E-state index < -0.39 is 0 Å². The minimum absolute atomic E-state index is 0.145. The zero-order chi connectivity index (χ0) is 24.0. The van der Waals surface area contributed by atoms with Gasteiger partial charge in [-0.15, -0.1) is 0 Å². The highest BCUT2D eigenvalue weighted by Gasteiger charge is 2.46. The van der Waals surface area contributed by atoms with Crippen LogP contribution in [0.1, 0.15) is 61.9 Å². The van der Waals surface area contributed by atoms with Crippen LogP contribution in [0.15, 0.2) is 59.6 Å². The Hall–Kier alpha value is -3.28. The Morgan fingerprint density at radius 3 is 2.54 bits per heavy atom. The molecule has 1 aliphatic carbocycles. The van der Waals surface area contributed by atoms with E-state index in [1.165, 1.54) is 42.5 Å². The number of benzene rings is 2. The number of amidine groups is 1. The molecular weight excluding hydrogens is 434 g/mol. The lowest BCUT2D eigenvalue weighted by Crippen LogP contribution is -2.39. The predicted octanol–water partition coefficient (Wildman–Crippen LogP) is 6.08. The van der Waals surface area contributed by atoms with Crippen molar-refractivity contribution in [1.29, 1.82) is 0 Å². The summed E-state index contributed by atoms with van der Waals surface area (Å²) < 4.78 is 8.70. The molecule has 1 spiro atoms. The second-order valence-corrected chi connectivity index (χ2v) is 10.5. The standard InChI is InChI=1S/C29H35N5O/c1-4-24-25-26(31-28(32(24)3)35-23-13-6-5-7-14-23)30-27(33-18-10-15-29(20-33)16-17-29)34(25)19-22-12-9-8-11-21(22)2/h5-9,11-14,24H,4,10,15-20H2,1-3H3. The van der Waals surface area contributed by atoms with Gasteiger partial charge in [0.1, 0.15) is 5.75 Å². The molecule has 0 N–H and O–H groups in total. The molecule has 35 heavy (non-hydrogen) atoms. The second kappa shape index (κ2) is 8.74. The quantitative estimate of drug-likeness (QED) is 0.454. The molecule has 1 saturated heterocycles. The highest BCUT2D eigenvalue weighted by atomic mass is 16.5. The lowest BCUT2D eigenvalue weighted by Gasteiger charge is -2.35. The van der Waals surface area contributed by atoms with Crippen LogP contribution in [0.3, 0.4) is 0 Å². The summed E-state index contributed by atoms with van der Waals surface area (Å²) in [5, 5.41) is 0. The van der Waals surface area contributed by atoms with Crippen LogP contribution < -0.4 is 9.64 Å². The first-order valence-corrected chi connectivity index (χ1v) is 13.0. The van der Waals surface area contributed by atoms with E-state index >= 15 is 0 Å². The van der Waals surface area contributed by atoms with E-state index in [1.54, 1.807) is 0 Å². The van der Waals surface area contributed by atoms with Crippen molar-refractivity contribution in [2.75, 3.05) is 25.0 Å². The van der Waals surface area contributed by atoms with Crippen molar-refractivity contribution in [3.05, 3.63) is 71.4 Å². The van der Waals surface area contributed by atoms with Crippen molar-refractivity contribution >= 4 is 17.8 Å². The number of hydrogen-bond acceptors (Lipinski definition) is 5. The van der Waals surface area contributed by atoms with Gasteiger partial charge in [0.15, 0.2) is 5.82 Å². The molecule has 3 aliphatic rings. The van der Waals surface area contributed by atoms with Crippen molar-refractivity contribution in [1.82, 2.24) is 14.5 Å². The van der Waals surface area contributed by atoms with Gasteiger partial charge in [0.2, 0.25) is 5.95 Å². The van der Waals surface area contributed by atoms with Gasteiger partial charge < -0.3 is 19.1 Å². The Bertz CT molecular complexity index is 1240. The molecule has 182 valence electrons. The second-order valence-electron chi connectivity index (χ2n) is 10.5. The first-order valence-electron chi connectivity index (χ1n) is 13.0. The van der Waals surface area contributed by atoms with Gasteiger partial charge in [-0.2, -0.15) is 9.98 Å². The number of aryl methyl sites for hydroxylation is 1. The zero-order valence-corrected chi connectivity index (χ0v) is 21.1. The molecule has 2 aromatic carbocycles. The fourth-order valence-corrected chi connectivity index (χ4v) is 5.81. The van der Waals surface area contributed by atoms with Crippen molar-refractivity contribution in [3.63, 3.8) is 0 Å². The number of rotatable bonds is 5. The lowest BCUT2D eigenvalue weighted by atomic mass is 9.95. The monoisotopic (exact) mass is 469 g/mol. The maximum atomic E-state index is 6.24. The predicted molar refractivity (Wildman–Crippen MR) is 141 cm³/mol. The van der Waals surface area contributed by atoms with Crippen LogP contribution in [0, 0.1) is 12.3 Å². The SMILES string of the molecule is CCC1c2c(nc(N3CCCC4(CC4)C3)n2Cc2ccccc2C)N=C(Oc2ccccc2)N1C. The summed E-state index contributed by atoms with van der Waals surface area (Å²) in [5.41, 5.74) is 4.36. The summed E-state index contributed by atoms with van der Waals surface area (Å²) in [6, 6.07) is 19.4. The molecule has 6 heteroatoms. The summed E-state index contributed by atoms with van der Waals surface area (Å²) in [4.78, 5) is 14.9. The third kappa shape index (κ3) is 4.09. The number of hydrogen-bond donors (Lipinski definition) is 0. The van der Waals surface area contributed by atoms with Crippen LogP contribution in [-0.4, -0.2) is 40.6 Å². The van der Waals surface area contributed by atoms with Crippen molar-refractivity contribution in [2.24, 2.45) is 10.4 Å². The minimum Gasteiger partial charge on any atom is -0.426 e. The summed E-state index contributed by atoms with van der Waals surface area (Å²) >= 11 is 0. The molecule has 3 heterocycles. The summed E-state index contributed by atoms with van der Waals surface area (Å²) in [5.74, 6) is 2.67. The van der Waals surface area contributed by atoms with Crippen LogP contribution in [-0.2, 0) is 6.54 Å². The number of imidazole rings is 1. The Balaban J connectivity index is 1.45. The summed E-state index contributed by atoms with van der Waals surface area (Å²) in [6.45, 7) is 7.42. The van der Waals surface area contributed by atoms with Crippen molar-refractivity contribution in [3.8, 4) is 5.75 Å². The molecule has 2 fully saturated rings. The van der Waals surface area contributed by atoms with Gasteiger partial charge in [-0.05, 0) is 67.7 Å². The van der Waals surface area contributed by atoms with Gasteiger partial charge in [0.05, 0.1) is 18.3 Å². The third-order valence-corrected chi connectivity index (χ3v) is 8.08. The van der Waals surface area contributed by atoms with Gasteiger partial charge >= 0.3 is 0 Å². The highest BCUT2D eigenvalue weighted by molar-refractivity contribution is 5.82. The van der Waals surface area contributed by atoms with E-state index in [0.29, 0.717) is 11.4 Å². The Morgan fingerprint density at radius 1 is 1.03 bits per heavy atom. The normalized spacial score (nSPS) is 20.5. The van der Waals surface area contributed by atoms with E-state index in [2.05, 4.69) is 59.5 Å². The van der Waals surface area contributed by atoms with E-state index in [4.69, 9.17) is 14.7 Å². The fourth-order valence-electron chi connectivity index (χ4n) is 5.81. The molecule has 0 radical (unpaired) electrons. The van der Waals surface area contributed by atoms with Gasteiger partial charge in [-0.1, -0.05) is 49.4 Å². The van der Waals surface area contributed by atoms with E-state index in [0.717, 1.165) is 43.6 Å². The van der Waals surface area contributed by atoms with Crippen LogP contribution in [0.5, 0.6) is 5.75 Å². The van der Waals surface area contributed by atoms with Crippen LogP contribution in [0.2, 0.25) is 0 Å². The van der Waals surface area contributed by atoms with Crippen LogP contribution in [0.4, 0.5) is 11.8 Å². The molecule has 6 rings (SSSR count). The van der Waals surface area contributed by atoms with E-state index in [9.17, 15) is 0 Å². The summed E-state index contributed by atoms with van der Waals surface area (Å²) in [6.07, 6.45) is 6.26. The number of piperidine rings is 1. The van der Waals surface area contributed by atoms with Gasteiger partial charge in [-0.25, -0.2) is 0 Å². The van der Waals surface area contributed by atoms with Gasteiger partial charge in [0.25, 0.3) is 6.02 Å². The van der Waals surface area contributed by atoms with Crippen LogP contribution in [0.25, 0.3) is 0 Å². The number of aliphatic imine (C=N–C) groups is 1. The highest BCUT2D eigenvalue weighted by Crippen LogP contribution is 2.53. The first-order chi connectivity index (χ1) is 17.1. The molecule has 6 nitrogen and oxygen atoms in total. The number of para-hydroxylation sites is 1. The Morgan fingerprint density at radius 2 is 1.80 bits per heavy atom. The average molecular weight is 470 g/mol. The third-order valence-electron chi connectivity index (χ3n) is 8.08. The smallest absolute Gasteiger partial charge is 0.300 e. The molecule has 1 atom stereocenters. The Kier molecular flexibility index (Phi) is 5.54. The minimum atomic E-state index is 0.145. The summed E-state index contributed by atoms with van der Waals surface area (Å²) in [7, 11) is 2.09. The maximum absolute atomic E-state index is 6.24. The number of aromatic nitrogens is 2. The molecule has 1 saturated carbocycles. The van der Waals surface area contributed by atoms with E-state index in [-0.39, 0.29) is 6.04 Å². The molecule has 1 aromatic heterocycles. The number of nitrogens with zero attached hydrogens (tertiary/aromatic N) is 5. The molecular formula is C29H35N5O. The number of fused-ring (bicyclic) bond motifs is 1. The maximum Gasteiger partial charge on any atom is 0.300 e. The van der Waals surface area contributed by atoms with E-state index in [1.807, 2.05) is 30.3 Å². The number of ether oxygens (including phenoxy) is 1. The molecule has 0 bridgehead atoms. The van der Waals surface area contributed by atoms with Crippen molar-refractivity contribution < 1.29 is 4.74 Å². The fraction of sp³-hybridized carbons (Fsp3) is 0.448. The van der Waals surface area contributed by atoms with Gasteiger partial charge in [-0.3, -0.25) is 0 Å². The topological polar surface area (TPSA) is 45.9 Å². The van der Waals surface area contributed by atoms with Crippen molar-refractivity contribution in [2.45, 2.75) is 58.5 Å². The largest absolute Gasteiger partial charge is 0.426 e. The molecule has 1 unspecified atom stereocenters. The Labute approximate surface area is 208 Å². The lowest BCUT2D eigenvalue weighted by molar-refractivity contribution is 0.287. The molecule has 2 aliphatic heterocycles. The zero-order valence-electron chi connectivity index (χ0n) is 21.1. The first kappa shape index (κ1) is 22.2. The molecule has 3 aromatic rings. The van der Waals surface area contributed by atoms with Crippen LogP contribution >= 0.6 is 0 Å². The molecule has 0 amide bonds. The number of anilines is 1. The average Bonchev–Trinajstić information content (AvgIpc) is 3.52. The van der Waals surface area contributed by atoms with Gasteiger partial charge in [0, 0.05) is 20.1 Å².